The summed E-state index contributed by atoms with van der Waals surface area (Å²) in [6, 6.07) is 11.2. The quantitative estimate of drug-likeness (QED) is 0.364. The first-order valence-corrected chi connectivity index (χ1v) is 14.0. The van der Waals surface area contributed by atoms with Crippen LogP contribution < -0.4 is 15.3 Å². The van der Waals surface area contributed by atoms with Crippen molar-refractivity contribution in [1.29, 1.82) is 5.26 Å². The maximum Gasteiger partial charge on any atom is 0.349 e. The van der Waals surface area contributed by atoms with Gasteiger partial charge in [0.2, 0.25) is 0 Å². The largest absolute Gasteiger partial charge is 0.508 e. The zero-order chi connectivity index (χ0) is 30.0. The molecule has 11 heteroatoms. The van der Waals surface area contributed by atoms with E-state index in [1.807, 2.05) is 4.90 Å². The van der Waals surface area contributed by atoms with Crippen LogP contribution in [0.15, 0.2) is 39.5 Å². The summed E-state index contributed by atoms with van der Waals surface area (Å²) in [5, 5.41) is 28.5. The van der Waals surface area contributed by atoms with Crippen LogP contribution in [-0.2, 0) is 0 Å². The Morgan fingerprint density at radius 1 is 1.14 bits per heavy atom. The van der Waals surface area contributed by atoms with E-state index in [2.05, 4.69) is 20.9 Å². The molecule has 4 aromatic rings. The van der Waals surface area contributed by atoms with Crippen LogP contribution in [-0.4, -0.2) is 77.7 Å². The van der Waals surface area contributed by atoms with Crippen molar-refractivity contribution in [3.8, 4) is 29.2 Å². The van der Waals surface area contributed by atoms with Gasteiger partial charge in [0.1, 0.15) is 23.1 Å². The third kappa shape index (κ3) is 5.35. The van der Waals surface area contributed by atoms with Gasteiger partial charge in [-0.25, -0.2) is 9.18 Å². The number of aliphatic hydroxyl groups excluding tert-OH is 1. The molecule has 0 aliphatic carbocycles. The lowest BCUT2D eigenvalue weighted by molar-refractivity contribution is 0.292. The number of hydrogen-bond acceptors (Lipinski definition) is 10. The van der Waals surface area contributed by atoms with Crippen LogP contribution in [0.2, 0.25) is 0 Å². The Bertz CT molecular complexity index is 1700. The van der Waals surface area contributed by atoms with E-state index >= 15 is 0 Å². The lowest BCUT2D eigenvalue weighted by atomic mass is 9.95. The molecule has 3 fully saturated rings. The Labute approximate surface area is 242 Å². The van der Waals surface area contributed by atoms with Gasteiger partial charge in [0, 0.05) is 49.3 Å². The average molecular weight is 576 g/mol. The summed E-state index contributed by atoms with van der Waals surface area (Å²) < 4.78 is 23.7. The second kappa shape index (κ2) is 12.3. The van der Waals surface area contributed by atoms with Crippen molar-refractivity contribution in [1.82, 2.24) is 14.9 Å². The molecule has 2 N–H and O–H groups in total. The third-order valence-corrected chi connectivity index (χ3v) is 8.09. The number of alkyl halides is 1. The predicted molar refractivity (Wildman–Crippen MR) is 158 cm³/mol. The number of aromatic nitrogens is 2. The molecule has 3 saturated heterocycles. The van der Waals surface area contributed by atoms with Crippen LogP contribution in [0.25, 0.3) is 33.0 Å². The van der Waals surface area contributed by atoms with E-state index < -0.39 is 11.8 Å². The molecule has 3 aliphatic rings. The molecule has 2 aromatic heterocycles. The minimum Gasteiger partial charge on any atom is -0.508 e. The molecule has 0 bridgehead atoms. The molecule has 5 heterocycles. The summed E-state index contributed by atoms with van der Waals surface area (Å²) in [7, 11) is 2.48. The summed E-state index contributed by atoms with van der Waals surface area (Å²) in [4.78, 5) is 26.2. The molecular weight excluding hydrogens is 541 g/mol. The molecule has 0 spiro atoms. The number of nitrogens with zero attached hydrogens (tertiary/aromatic N) is 5. The van der Waals surface area contributed by atoms with Gasteiger partial charge in [0.25, 0.3) is 0 Å². The zero-order valence-corrected chi connectivity index (χ0v) is 23.9. The van der Waals surface area contributed by atoms with E-state index in [-0.39, 0.29) is 17.5 Å². The van der Waals surface area contributed by atoms with Gasteiger partial charge in [-0.2, -0.15) is 15.2 Å². The smallest absolute Gasteiger partial charge is 0.349 e. The summed E-state index contributed by atoms with van der Waals surface area (Å²) in [5.41, 5.74) is 1.30. The van der Waals surface area contributed by atoms with Crippen molar-refractivity contribution in [2.24, 2.45) is 0 Å². The second-order valence-corrected chi connectivity index (χ2v) is 10.6. The molecule has 10 nitrogen and oxygen atoms in total. The Hall–Kier alpha value is -4.27. The van der Waals surface area contributed by atoms with Crippen molar-refractivity contribution in [2.75, 3.05) is 45.3 Å². The Morgan fingerprint density at radius 3 is 2.60 bits per heavy atom. The molecule has 0 radical (unpaired) electrons. The maximum absolute atomic E-state index is 13.1. The van der Waals surface area contributed by atoms with Gasteiger partial charge in [0.15, 0.2) is 5.82 Å². The summed E-state index contributed by atoms with van der Waals surface area (Å²) >= 11 is 0. The predicted octanol–water partition coefficient (Wildman–Crippen LogP) is 4.31. The molecular formula is C31H34FN5O5. The first-order chi connectivity index (χ1) is 20.4. The number of ether oxygens (including phenoxy) is 1. The summed E-state index contributed by atoms with van der Waals surface area (Å²) in [6.07, 6.45) is 3.83. The molecule has 7 rings (SSSR count). The highest BCUT2D eigenvalue weighted by Gasteiger charge is 2.34. The molecule has 0 saturated carbocycles. The van der Waals surface area contributed by atoms with E-state index in [0.717, 1.165) is 39.6 Å². The van der Waals surface area contributed by atoms with Crippen LogP contribution in [0, 0.1) is 18.3 Å². The number of aromatic hydroxyl groups is 1. The van der Waals surface area contributed by atoms with Gasteiger partial charge in [-0.05, 0) is 62.7 Å². The lowest BCUT2D eigenvalue weighted by Gasteiger charge is -2.32. The molecule has 220 valence electrons. The molecule has 2 aromatic carbocycles. The molecule has 2 atom stereocenters. The molecule has 3 aliphatic heterocycles. The van der Waals surface area contributed by atoms with Gasteiger partial charge in [-0.1, -0.05) is 12.1 Å². The number of benzene rings is 2. The van der Waals surface area contributed by atoms with Crippen molar-refractivity contribution in [3.63, 3.8) is 0 Å². The Kier molecular flexibility index (Phi) is 8.56. The second-order valence-electron chi connectivity index (χ2n) is 10.6. The molecule has 2 unspecified atom stereocenters. The molecule has 0 amide bonds. The average Bonchev–Trinajstić information content (AvgIpc) is 3.55. The SMILES string of the molecule is CO.COc1nc(N2CCC2)c2c(=O)oc(-c3cc(O)cc4cccc(C#N)c34)c(C)c2n1.FC1CC2CCCN2C1. The van der Waals surface area contributed by atoms with E-state index in [1.165, 1.54) is 26.0 Å². The number of halogens is 1. The van der Waals surface area contributed by atoms with E-state index in [0.29, 0.717) is 56.8 Å². The topological polar surface area (TPSA) is 136 Å². The van der Waals surface area contributed by atoms with Gasteiger partial charge >= 0.3 is 11.6 Å². The summed E-state index contributed by atoms with van der Waals surface area (Å²) in [6.45, 7) is 5.23. The highest BCUT2D eigenvalue weighted by molar-refractivity contribution is 6.03. The first kappa shape index (κ1) is 29.2. The lowest BCUT2D eigenvalue weighted by Crippen LogP contribution is -2.38. The van der Waals surface area contributed by atoms with E-state index in [9.17, 15) is 19.6 Å². The molecule has 42 heavy (non-hydrogen) atoms. The van der Waals surface area contributed by atoms with Crippen LogP contribution in [0.3, 0.4) is 0 Å². The van der Waals surface area contributed by atoms with Crippen molar-refractivity contribution < 1.29 is 23.8 Å². The van der Waals surface area contributed by atoms with Crippen LogP contribution in [0.5, 0.6) is 11.8 Å². The van der Waals surface area contributed by atoms with Crippen LogP contribution >= 0.6 is 0 Å². The minimum atomic E-state index is -0.578. The monoisotopic (exact) mass is 575 g/mol. The van der Waals surface area contributed by atoms with Crippen LogP contribution in [0.1, 0.15) is 36.8 Å². The third-order valence-electron chi connectivity index (χ3n) is 8.09. The normalized spacial score (nSPS) is 19.3. The van der Waals surface area contributed by atoms with Gasteiger partial charge < -0.3 is 24.3 Å². The number of phenolic OH excluding ortho intramolecular Hbond substituents is 1. The number of fused-ring (bicyclic) bond motifs is 3. The minimum absolute atomic E-state index is 0.00118. The number of aliphatic hydroxyl groups is 1. The van der Waals surface area contributed by atoms with Gasteiger partial charge in [-0.15, -0.1) is 0 Å². The number of aryl methyl sites for hydroxylation is 1. The number of nitriles is 1. The van der Waals surface area contributed by atoms with E-state index in [4.69, 9.17) is 14.3 Å². The number of phenols is 1. The highest BCUT2D eigenvalue weighted by atomic mass is 19.1. The van der Waals surface area contributed by atoms with Crippen molar-refractivity contribution in [3.05, 3.63) is 51.9 Å². The fourth-order valence-electron chi connectivity index (χ4n) is 6.03. The van der Waals surface area contributed by atoms with Crippen molar-refractivity contribution >= 4 is 27.5 Å². The van der Waals surface area contributed by atoms with Crippen molar-refractivity contribution in [2.45, 2.75) is 44.8 Å². The first-order valence-electron chi connectivity index (χ1n) is 14.0. The number of hydrogen-bond donors (Lipinski definition) is 2. The number of methoxy groups -OCH3 is 1. The Morgan fingerprint density at radius 2 is 1.93 bits per heavy atom. The number of rotatable bonds is 3. The zero-order valence-electron chi connectivity index (χ0n) is 23.9. The maximum atomic E-state index is 13.1. The standard InChI is InChI=1S/C23H18N4O4.C7H12FN.CH4O/c1-12-19-18(21(27-7-4-8-27)26-23(25-19)30-2)22(29)31-20(12)16-10-15(28)9-13-5-3-6-14(11-24)17(13)16;8-6-4-7-2-1-3-9(7)5-6;1-2/h3,5-6,9-10,28H,4,7-8H2,1-2H3;6-7H,1-5H2;2H,1H3. The van der Waals surface area contributed by atoms with E-state index in [1.54, 1.807) is 31.2 Å². The highest BCUT2D eigenvalue weighted by Crippen LogP contribution is 2.38. The van der Waals surface area contributed by atoms with Crippen LogP contribution in [0.4, 0.5) is 10.2 Å². The number of anilines is 1. The fraction of sp³-hybridized carbons (Fsp3) is 0.419. The summed E-state index contributed by atoms with van der Waals surface area (Å²) in [5.74, 6) is 0.743. The fourth-order valence-corrected chi connectivity index (χ4v) is 6.03. The van der Waals surface area contributed by atoms with Gasteiger partial charge in [-0.3, -0.25) is 4.90 Å². The van der Waals surface area contributed by atoms with Gasteiger partial charge in [0.05, 0.1) is 24.3 Å². The Balaban J connectivity index is 0.000000269.